The fourth-order valence-electron chi connectivity index (χ4n) is 1.62. The molecule has 28 heavy (non-hydrogen) atoms. The summed E-state index contributed by atoms with van der Waals surface area (Å²) in [6.45, 7) is 16.8. The first-order valence-electron chi connectivity index (χ1n) is 6.69. The van der Waals surface area contributed by atoms with E-state index in [1.54, 1.807) is 19.1 Å². The van der Waals surface area contributed by atoms with Gasteiger partial charge >= 0.3 is 45.8 Å². The Bertz CT molecular complexity index is 743. The molecule has 0 saturated heterocycles. The van der Waals surface area contributed by atoms with Gasteiger partial charge in [-0.25, -0.2) is 9.59 Å². The van der Waals surface area contributed by atoms with Gasteiger partial charge in [-0.1, -0.05) is 18.2 Å². The van der Waals surface area contributed by atoms with E-state index in [0.29, 0.717) is 0 Å². The van der Waals surface area contributed by atoms with E-state index >= 15 is 0 Å². The summed E-state index contributed by atoms with van der Waals surface area (Å²) in [7, 11) is 2.33. The van der Waals surface area contributed by atoms with Crippen LogP contribution < -0.4 is 0 Å². The maximum Gasteiger partial charge on any atom is 0 e. The van der Waals surface area contributed by atoms with Crippen molar-refractivity contribution in [3.63, 3.8) is 0 Å². The number of allylic oxidation sites excluding steroid dienone is 4. The van der Waals surface area contributed by atoms with Crippen LogP contribution >= 0.6 is 0 Å². The molecular weight excluding hydrogens is 416 g/mol. The second-order valence-electron chi connectivity index (χ2n) is 3.93. The van der Waals surface area contributed by atoms with Gasteiger partial charge in [-0.2, -0.15) is 9.78 Å². The molecule has 150 valence electrons. The monoisotopic (exact) mass is 432 g/mol. The van der Waals surface area contributed by atoms with Crippen LogP contribution in [0.25, 0.3) is 0 Å². The van der Waals surface area contributed by atoms with Crippen LogP contribution in [0.15, 0.2) is 24.3 Å². The minimum absolute atomic E-state index is 0. The number of nitrogens with zero attached hydrogens (tertiary/aromatic N) is 2. The van der Waals surface area contributed by atoms with Crippen molar-refractivity contribution in [2.45, 2.75) is 13.8 Å². The number of rotatable bonds is 4. The summed E-state index contributed by atoms with van der Waals surface area (Å²) < 4.78 is 32.6. The molecule has 0 amide bonds. The number of carbonyl (C=O) groups excluding carboxylic acids is 3. The number of carbonyl (C=O) groups is 3. The number of hydrogen-bond acceptors (Lipinski definition) is 6. The smallest absolute Gasteiger partial charge is 0 e. The summed E-state index contributed by atoms with van der Waals surface area (Å²) in [5, 5.41) is 3.84. The zero-order chi connectivity index (χ0) is 22.0. The molecule has 11 heteroatoms. The predicted molar refractivity (Wildman–Crippen MR) is 86.0 cm³/mol. The molecule has 1 rings (SSSR count). The molecule has 0 saturated carbocycles. The van der Waals surface area contributed by atoms with E-state index in [2.05, 4.69) is 34.5 Å². The van der Waals surface area contributed by atoms with Crippen LogP contribution in [-0.2, 0) is 40.5 Å². The second-order valence-corrected chi connectivity index (χ2v) is 3.93. The number of hydrogen-bond donors (Lipinski definition) is 0. The Morgan fingerprint density at radius 3 is 1.82 bits per heavy atom. The maximum absolute atomic E-state index is 12.0. The van der Waals surface area contributed by atoms with E-state index in [-0.39, 0.29) is 34.0 Å². The normalized spacial score (nSPS) is 8.50. The SMILES string of the molecule is C/C=C/C=C/C(=O)n1nc(C(=O)OC)c(C(=O)OC)c1C.[C-]#[O+].[C-]#[O+].[C-]#[O+].[Fe]. The first-order valence-corrected chi connectivity index (χ1v) is 6.69. The van der Waals surface area contributed by atoms with Crippen LogP contribution in [0.2, 0.25) is 0 Å². The molecule has 0 atom stereocenters. The predicted octanol–water partition coefficient (Wildman–Crippen LogP) is 1.42. The third kappa shape index (κ3) is 9.66. The van der Waals surface area contributed by atoms with E-state index in [1.807, 2.05) is 0 Å². The Kier molecular flexibility index (Phi) is 23.8. The second kappa shape index (κ2) is 20.4. The summed E-state index contributed by atoms with van der Waals surface area (Å²) in [5.74, 6) is -2.07. The van der Waals surface area contributed by atoms with E-state index in [9.17, 15) is 14.4 Å². The molecule has 0 aromatic carbocycles. The molecule has 0 radical (unpaired) electrons. The summed E-state index contributed by atoms with van der Waals surface area (Å²) in [6.07, 6.45) is 6.21. The molecule has 0 unspecified atom stereocenters. The molecule has 0 bridgehead atoms. The van der Waals surface area contributed by atoms with E-state index in [1.165, 1.54) is 26.2 Å². The summed E-state index contributed by atoms with van der Waals surface area (Å²) in [5.41, 5.74) is -0.135. The van der Waals surface area contributed by atoms with Crippen LogP contribution in [0.4, 0.5) is 0 Å². The molecule has 0 aliphatic heterocycles. The van der Waals surface area contributed by atoms with Gasteiger partial charge in [0.05, 0.1) is 19.9 Å². The zero-order valence-electron chi connectivity index (χ0n) is 15.3. The van der Waals surface area contributed by atoms with Crippen LogP contribution in [0.3, 0.4) is 0 Å². The molecule has 10 nitrogen and oxygen atoms in total. The minimum atomic E-state index is -0.817. The molecule has 1 heterocycles. The van der Waals surface area contributed by atoms with Gasteiger partial charge in [0.25, 0.3) is 5.91 Å². The number of methoxy groups -OCH3 is 2. The average Bonchev–Trinajstić information content (AvgIpc) is 3.08. The largest absolute Gasteiger partial charge is 0 e. The molecule has 1 aromatic heterocycles. The molecule has 0 aliphatic rings. The Labute approximate surface area is 172 Å². The third-order valence-electron chi connectivity index (χ3n) is 2.64. The van der Waals surface area contributed by atoms with E-state index in [4.69, 9.17) is 14.0 Å². The van der Waals surface area contributed by atoms with Crippen molar-refractivity contribution < 1.29 is 54.9 Å². The standard InChI is InChI=1S/C14H16N2O5.3CO.Fe/c1-5-6-7-8-10(17)16-9(2)11(13(18)20-3)12(15-16)14(19)21-4;3*1-2;/h5-8H,1-4H3;;;;/b6-5+,8-7+;;;;. The molecule has 0 aliphatic carbocycles. The van der Waals surface area contributed by atoms with Crippen molar-refractivity contribution in [1.29, 1.82) is 0 Å². The van der Waals surface area contributed by atoms with Gasteiger partial charge in [-0.15, -0.1) is 0 Å². The topological polar surface area (TPSA) is 147 Å². The zero-order valence-corrected chi connectivity index (χ0v) is 16.4. The van der Waals surface area contributed by atoms with Crippen LogP contribution in [0.1, 0.15) is 38.3 Å². The summed E-state index contributed by atoms with van der Waals surface area (Å²) in [6, 6.07) is 0. The van der Waals surface area contributed by atoms with Gasteiger partial charge in [0.1, 0.15) is 5.56 Å². The Hall–Kier alpha value is -2.96. The van der Waals surface area contributed by atoms with Crippen molar-refractivity contribution in [1.82, 2.24) is 9.78 Å². The maximum atomic E-state index is 12.0. The van der Waals surface area contributed by atoms with Gasteiger partial charge in [-0.05, 0) is 13.8 Å². The van der Waals surface area contributed by atoms with Gasteiger partial charge in [0, 0.05) is 23.1 Å². The van der Waals surface area contributed by atoms with Gasteiger partial charge < -0.3 is 9.47 Å². The van der Waals surface area contributed by atoms with E-state index < -0.39 is 17.8 Å². The van der Waals surface area contributed by atoms with Crippen molar-refractivity contribution in [3.05, 3.63) is 61.2 Å². The molecular formula is C17H16FeN2O8. The van der Waals surface area contributed by atoms with Gasteiger partial charge in [-0.3, -0.25) is 4.79 Å². The average molecular weight is 432 g/mol. The van der Waals surface area contributed by atoms with E-state index in [0.717, 1.165) is 11.8 Å². The third-order valence-corrected chi connectivity index (χ3v) is 2.64. The fraction of sp³-hybridized carbons (Fsp3) is 0.235. The quantitative estimate of drug-likeness (QED) is 0.176. The van der Waals surface area contributed by atoms with Crippen molar-refractivity contribution in [3.8, 4) is 0 Å². The Balaban J connectivity index is -0.000000374. The number of esters is 2. The summed E-state index contributed by atoms with van der Waals surface area (Å²) in [4.78, 5) is 35.4. The van der Waals surface area contributed by atoms with Crippen LogP contribution in [0.5, 0.6) is 0 Å². The van der Waals surface area contributed by atoms with Crippen molar-refractivity contribution >= 4 is 17.8 Å². The van der Waals surface area contributed by atoms with Crippen molar-refractivity contribution in [2.24, 2.45) is 0 Å². The molecule has 0 fully saturated rings. The molecule has 0 N–H and O–H groups in total. The first-order chi connectivity index (χ1) is 13.0. The van der Waals surface area contributed by atoms with Crippen LogP contribution in [-0.4, -0.2) is 41.8 Å². The fourth-order valence-corrected chi connectivity index (χ4v) is 1.62. The first kappa shape index (κ1) is 32.7. The van der Waals surface area contributed by atoms with Crippen LogP contribution in [0, 0.1) is 26.9 Å². The summed E-state index contributed by atoms with van der Waals surface area (Å²) >= 11 is 0. The Morgan fingerprint density at radius 2 is 1.43 bits per heavy atom. The van der Waals surface area contributed by atoms with Crippen molar-refractivity contribution in [2.75, 3.05) is 14.2 Å². The number of ether oxygens (including phenoxy) is 2. The molecule has 0 spiro atoms. The van der Waals surface area contributed by atoms with Gasteiger partial charge in [0.15, 0.2) is 5.69 Å². The molecule has 1 aromatic rings. The minimum Gasteiger partial charge on any atom is 0 e. The Morgan fingerprint density at radius 1 is 0.964 bits per heavy atom. The van der Waals surface area contributed by atoms with Gasteiger partial charge in [0.2, 0.25) is 0 Å². The number of aromatic nitrogens is 2.